The summed E-state index contributed by atoms with van der Waals surface area (Å²) in [5.41, 5.74) is 0. The van der Waals surface area contributed by atoms with Crippen LogP contribution in [0.4, 0.5) is 0 Å². The number of halogens is 1. The van der Waals surface area contributed by atoms with Crippen molar-refractivity contribution < 1.29 is 14.6 Å². The van der Waals surface area contributed by atoms with Crippen LogP contribution < -0.4 is 9.47 Å². The van der Waals surface area contributed by atoms with Gasteiger partial charge in [0.1, 0.15) is 5.75 Å². The number of phenols is 1. The first-order valence-corrected chi connectivity index (χ1v) is 5.63. The molecule has 0 aromatic heterocycles. The van der Waals surface area contributed by atoms with Crippen LogP contribution in [0.1, 0.15) is 27.7 Å². The lowest BCUT2D eigenvalue weighted by atomic mass is 10.3. The predicted molar refractivity (Wildman–Crippen MR) is 64.6 cm³/mol. The third-order valence-electron chi connectivity index (χ3n) is 1.71. The highest BCUT2D eigenvalue weighted by Gasteiger charge is 2.14. The summed E-state index contributed by atoms with van der Waals surface area (Å²) in [7, 11) is 0. The van der Waals surface area contributed by atoms with E-state index in [1.807, 2.05) is 27.7 Å². The molecule has 0 heterocycles. The summed E-state index contributed by atoms with van der Waals surface area (Å²) in [6, 6.07) is 2.94. The molecule has 0 aliphatic rings. The Bertz CT molecular complexity index is 362. The van der Waals surface area contributed by atoms with E-state index in [0.717, 1.165) is 0 Å². The largest absolute Gasteiger partial charge is 0.508 e. The number of ether oxygens (including phenoxy) is 2. The standard InChI is InChI=1S/C12H17ClO3/c1-7(2)15-11-6-9(14)5-10(13)12(11)16-8(3)4/h5-8,14H,1-4H3. The predicted octanol–water partition coefficient (Wildman–Crippen LogP) is 3.62. The van der Waals surface area contributed by atoms with Crippen LogP contribution in [0.2, 0.25) is 5.02 Å². The summed E-state index contributed by atoms with van der Waals surface area (Å²) >= 11 is 6.00. The van der Waals surface area contributed by atoms with Crippen LogP contribution in [0.5, 0.6) is 17.2 Å². The van der Waals surface area contributed by atoms with Crippen molar-refractivity contribution in [3.05, 3.63) is 17.2 Å². The van der Waals surface area contributed by atoms with E-state index in [1.165, 1.54) is 12.1 Å². The number of benzene rings is 1. The maximum Gasteiger partial charge on any atom is 0.180 e. The number of hydrogen-bond acceptors (Lipinski definition) is 3. The van der Waals surface area contributed by atoms with E-state index in [4.69, 9.17) is 21.1 Å². The van der Waals surface area contributed by atoms with Crippen molar-refractivity contribution in [3.8, 4) is 17.2 Å². The first-order valence-electron chi connectivity index (χ1n) is 5.26. The molecule has 0 radical (unpaired) electrons. The molecule has 90 valence electrons. The van der Waals surface area contributed by atoms with Crippen molar-refractivity contribution in [2.24, 2.45) is 0 Å². The van der Waals surface area contributed by atoms with Gasteiger partial charge in [0.15, 0.2) is 11.5 Å². The van der Waals surface area contributed by atoms with Gasteiger partial charge in [0.25, 0.3) is 0 Å². The smallest absolute Gasteiger partial charge is 0.180 e. The van der Waals surface area contributed by atoms with E-state index in [1.54, 1.807) is 0 Å². The monoisotopic (exact) mass is 244 g/mol. The van der Waals surface area contributed by atoms with Crippen LogP contribution in [0, 0.1) is 0 Å². The number of hydrogen-bond donors (Lipinski definition) is 1. The van der Waals surface area contributed by atoms with Gasteiger partial charge in [-0.1, -0.05) is 11.6 Å². The Balaban J connectivity index is 3.10. The van der Waals surface area contributed by atoms with Gasteiger partial charge in [-0.2, -0.15) is 0 Å². The molecule has 0 fully saturated rings. The van der Waals surface area contributed by atoms with Gasteiger partial charge in [-0.05, 0) is 27.7 Å². The fourth-order valence-corrected chi connectivity index (χ4v) is 1.50. The minimum Gasteiger partial charge on any atom is -0.508 e. The Hall–Kier alpha value is -1.09. The fourth-order valence-electron chi connectivity index (χ4n) is 1.25. The van der Waals surface area contributed by atoms with E-state index >= 15 is 0 Å². The molecule has 0 spiro atoms. The Labute approximate surface area is 101 Å². The van der Waals surface area contributed by atoms with Crippen LogP contribution in [0.3, 0.4) is 0 Å². The molecule has 0 unspecified atom stereocenters. The quantitative estimate of drug-likeness (QED) is 0.879. The summed E-state index contributed by atoms with van der Waals surface area (Å²) in [6.07, 6.45) is -0.0102. The summed E-state index contributed by atoms with van der Waals surface area (Å²) < 4.78 is 11.1. The number of phenolic OH excluding ortho intramolecular Hbond substituents is 1. The Morgan fingerprint density at radius 2 is 1.62 bits per heavy atom. The average Bonchev–Trinajstić information content (AvgIpc) is 2.09. The molecule has 0 aliphatic carbocycles. The molecule has 16 heavy (non-hydrogen) atoms. The number of rotatable bonds is 4. The van der Waals surface area contributed by atoms with Gasteiger partial charge in [-0.3, -0.25) is 0 Å². The summed E-state index contributed by atoms with van der Waals surface area (Å²) in [5, 5.41) is 9.80. The van der Waals surface area contributed by atoms with E-state index in [9.17, 15) is 5.11 Å². The molecule has 0 amide bonds. The molecule has 0 bridgehead atoms. The second kappa shape index (κ2) is 5.30. The minimum atomic E-state index is -0.00706. The molecule has 1 aromatic carbocycles. The molecule has 1 rings (SSSR count). The van der Waals surface area contributed by atoms with Crippen LogP contribution >= 0.6 is 11.6 Å². The zero-order valence-electron chi connectivity index (χ0n) is 9.95. The van der Waals surface area contributed by atoms with Crippen molar-refractivity contribution in [3.63, 3.8) is 0 Å². The molecule has 0 aliphatic heterocycles. The van der Waals surface area contributed by atoms with Gasteiger partial charge < -0.3 is 14.6 Å². The zero-order chi connectivity index (χ0) is 12.3. The molecule has 4 heteroatoms. The van der Waals surface area contributed by atoms with Crippen LogP contribution in [-0.2, 0) is 0 Å². The first kappa shape index (κ1) is 13.0. The molecule has 0 saturated carbocycles. The molecule has 1 aromatic rings. The van der Waals surface area contributed by atoms with Crippen molar-refractivity contribution in [2.45, 2.75) is 39.9 Å². The van der Waals surface area contributed by atoms with E-state index in [0.29, 0.717) is 16.5 Å². The van der Waals surface area contributed by atoms with Gasteiger partial charge >= 0.3 is 0 Å². The van der Waals surface area contributed by atoms with Crippen molar-refractivity contribution in [1.82, 2.24) is 0 Å². The molecule has 1 N–H and O–H groups in total. The molecular formula is C12H17ClO3. The minimum absolute atomic E-state index is 0.00319. The molecule has 3 nitrogen and oxygen atoms in total. The normalized spacial score (nSPS) is 10.9. The lowest BCUT2D eigenvalue weighted by Crippen LogP contribution is -2.11. The SMILES string of the molecule is CC(C)Oc1cc(O)cc(Cl)c1OC(C)C. The molecular weight excluding hydrogens is 228 g/mol. The highest BCUT2D eigenvalue weighted by molar-refractivity contribution is 6.32. The Morgan fingerprint density at radius 3 is 2.12 bits per heavy atom. The highest BCUT2D eigenvalue weighted by Crippen LogP contribution is 2.39. The van der Waals surface area contributed by atoms with Crippen molar-refractivity contribution in [1.29, 1.82) is 0 Å². The summed E-state index contributed by atoms with van der Waals surface area (Å²) in [6.45, 7) is 7.61. The van der Waals surface area contributed by atoms with Gasteiger partial charge in [0.2, 0.25) is 0 Å². The van der Waals surface area contributed by atoms with E-state index in [2.05, 4.69) is 0 Å². The van der Waals surface area contributed by atoms with Crippen molar-refractivity contribution in [2.75, 3.05) is 0 Å². The van der Waals surface area contributed by atoms with Crippen LogP contribution in [0.15, 0.2) is 12.1 Å². The Kier molecular flexibility index (Phi) is 4.30. The molecule has 0 atom stereocenters. The summed E-state index contributed by atoms with van der Waals surface area (Å²) in [4.78, 5) is 0. The maximum atomic E-state index is 9.45. The van der Waals surface area contributed by atoms with E-state index < -0.39 is 0 Å². The Morgan fingerprint density at radius 1 is 1.06 bits per heavy atom. The van der Waals surface area contributed by atoms with Crippen LogP contribution in [0.25, 0.3) is 0 Å². The lowest BCUT2D eigenvalue weighted by molar-refractivity contribution is 0.198. The number of aromatic hydroxyl groups is 1. The zero-order valence-corrected chi connectivity index (χ0v) is 10.7. The van der Waals surface area contributed by atoms with Gasteiger partial charge in [-0.15, -0.1) is 0 Å². The second-order valence-corrected chi connectivity index (χ2v) is 4.50. The maximum absolute atomic E-state index is 9.45. The second-order valence-electron chi connectivity index (χ2n) is 4.09. The first-order chi connectivity index (χ1) is 7.40. The van der Waals surface area contributed by atoms with Crippen LogP contribution in [-0.4, -0.2) is 17.3 Å². The molecule has 0 saturated heterocycles. The average molecular weight is 245 g/mol. The highest BCUT2D eigenvalue weighted by atomic mass is 35.5. The van der Waals surface area contributed by atoms with Gasteiger partial charge in [0, 0.05) is 12.1 Å². The van der Waals surface area contributed by atoms with Gasteiger partial charge in [0.05, 0.1) is 17.2 Å². The fraction of sp³-hybridized carbons (Fsp3) is 0.500. The summed E-state index contributed by atoms with van der Waals surface area (Å²) in [5.74, 6) is 1.01. The topological polar surface area (TPSA) is 38.7 Å². The van der Waals surface area contributed by atoms with E-state index in [-0.39, 0.29) is 18.0 Å². The van der Waals surface area contributed by atoms with Crippen molar-refractivity contribution >= 4 is 11.6 Å². The van der Waals surface area contributed by atoms with Gasteiger partial charge in [-0.25, -0.2) is 0 Å². The third-order valence-corrected chi connectivity index (χ3v) is 1.99. The third kappa shape index (κ3) is 3.49. The lowest BCUT2D eigenvalue weighted by Gasteiger charge is -2.18.